The summed E-state index contributed by atoms with van der Waals surface area (Å²) in [5, 5.41) is 2.53. The first-order valence-electron chi connectivity index (χ1n) is 13.9. The average Bonchev–Trinajstić information content (AvgIpc) is 3.50. The summed E-state index contributed by atoms with van der Waals surface area (Å²) in [5.41, 5.74) is 0.672. The van der Waals surface area contributed by atoms with E-state index in [4.69, 9.17) is 28.4 Å². The molecule has 1 aliphatic heterocycles. The van der Waals surface area contributed by atoms with E-state index in [1.807, 2.05) is 30.3 Å². The van der Waals surface area contributed by atoms with Crippen molar-refractivity contribution in [2.24, 2.45) is 5.92 Å². The van der Waals surface area contributed by atoms with Crippen molar-refractivity contribution in [3.63, 3.8) is 0 Å². The highest BCUT2D eigenvalue weighted by Crippen LogP contribution is 2.31. The van der Waals surface area contributed by atoms with Crippen LogP contribution < -0.4 is 14.8 Å². The number of carbonyl (C=O) groups is 4. The lowest BCUT2D eigenvalue weighted by Gasteiger charge is -2.31. The fourth-order valence-electron chi connectivity index (χ4n) is 5.04. The van der Waals surface area contributed by atoms with Crippen LogP contribution in [0.2, 0.25) is 0 Å². The Kier molecular flexibility index (Phi) is 10.7. The van der Waals surface area contributed by atoms with Crippen molar-refractivity contribution in [1.82, 2.24) is 10.3 Å². The molecule has 1 aliphatic carbocycles. The van der Waals surface area contributed by atoms with Crippen LogP contribution in [0.4, 0.5) is 0 Å². The van der Waals surface area contributed by atoms with Crippen molar-refractivity contribution in [2.45, 2.75) is 70.3 Å². The van der Waals surface area contributed by atoms with Gasteiger partial charge in [0.15, 0.2) is 23.2 Å². The van der Waals surface area contributed by atoms with E-state index in [0.717, 1.165) is 31.2 Å². The van der Waals surface area contributed by atoms with E-state index in [-0.39, 0.29) is 23.3 Å². The number of nitrogens with one attached hydrogen (secondary N) is 1. The average molecular weight is 585 g/mol. The second-order valence-corrected chi connectivity index (χ2v) is 10.2. The molecule has 2 heterocycles. The van der Waals surface area contributed by atoms with E-state index in [0.29, 0.717) is 6.42 Å². The molecule has 42 heavy (non-hydrogen) atoms. The molecule has 1 saturated carbocycles. The number of carbonyl (C=O) groups excluding carboxylic acids is 4. The number of hydrogen-bond acceptors (Lipinski definition) is 11. The van der Waals surface area contributed by atoms with Crippen LogP contribution in [0, 0.1) is 5.92 Å². The Morgan fingerprint density at radius 1 is 1.07 bits per heavy atom. The molecule has 12 heteroatoms. The normalized spacial score (nSPS) is 23.0. The Balaban J connectivity index is 1.55. The molecule has 4 rings (SSSR count). The van der Waals surface area contributed by atoms with Gasteiger partial charge in [0.25, 0.3) is 5.91 Å². The van der Waals surface area contributed by atoms with Crippen molar-refractivity contribution in [1.29, 1.82) is 0 Å². The number of esters is 3. The van der Waals surface area contributed by atoms with Crippen molar-refractivity contribution in [2.75, 3.05) is 20.5 Å². The molecule has 2 aromatic rings. The van der Waals surface area contributed by atoms with Crippen LogP contribution in [0.5, 0.6) is 11.5 Å². The number of nitrogens with zero attached hydrogens (tertiary/aromatic N) is 1. The minimum atomic E-state index is -1.35. The number of hydrogen-bond donors (Lipinski definition) is 1. The number of cyclic esters (lactones) is 2. The molecule has 2 unspecified atom stereocenters. The molecular formula is C30H36N2O10. The summed E-state index contributed by atoms with van der Waals surface area (Å²) in [6.45, 7) is 1.92. The number of benzene rings is 1. The van der Waals surface area contributed by atoms with E-state index in [1.165, 1.54) is 26.3 Å². The molecular weight excluding hydrogens is 548 g/mol. The van der Waals surface area contributed by atoms with Crippen LogP contribution in [-0.2, 0) is 39.8 Å². The van der Waals surface area contributed by atoms with Gasteiger partial charge in [-0.2, -0.15) is 0 Å². The van der Waals surface area contributed by atoms with Gasteiger partial charge < -0.3 is 33.7 Å². The van der Waals surface area contributed by atoms with Gasteiger partial charge in [0.05, 0.1) is 19.1 Å². The summed E-state index contributed by atoms with van der Waals surface area (Å²) in [4.78, 5) is 55.3. The summed E-state index contributed by atoms with van der Waals surface area (Å²) in [7, 11) is 1.36. The summed E-state index contributed by atoms with van der Waals surface area (Å²) in [5.74, 6) is -3.47. The number of pyridine rings is 1. The van der Waals surface area contributed by atoms with Crippen LogP contribution in [0.1, 0.15) is 55.6 Å². The third-order valence-electron chi connectivity index (χ3n) is 7.17. The fraction of sp³-hybridized carbons (Fsp3) is 0.500. The highest BCUT2D eigenvalue weighted by atomic mass is 16.7. The van der Waals surface area contributed by atoms with Crippen LogP contribution in [0.15, 0.2) is 42.6 Å². The second kappa shape index (κ2) is 14.6. The second-order valence-electron chi connectivity index (χ2n) is 10.2. The largest absolute Gasteiger partial charge is 0.493 e. The summed E-state index contributed by atoms with van der Waals surface area (Å²) >= 11 is 0. The van der Waals surface area contributed by atoms with Gasteiger partial charge in [0.1, 0.15) is 18.8 Å². The minimum absolute atomic E-state index is 0.0528. The Labute approximate surface area is 244 Å². The quantitative estimate of drug-likeness (QED) is 0.250. The SMILES string of the molecule is COc1ccnc(C(=O)N[C@H]2COC(=O)C(Cc3ccccc3)C(OC3CCCC3)[C@H](C)OC2=O)c1OCOC(C)=O. The lowest BCUT2D eigenvalue weighted by atomic mass is 9.91. The van der Waals surface area contributed by atoms with E-state index < -0.39 is 61.4 Å². The molecule has 1 amide bonds. The lowest BCUT2D eigenvalue weighted by molar-refractivity contribution is -0.169. The standard InChI is InChI=1S/C30H36N2O10/c1-18-26(42-21-11-7-8-12-21)22(15-20-9-5-4-6-10-20)29(35)38-16-23(30(36)41-18)32-28(34)25-27(40-17-39-19(2)33)24(37-3)13-14-31-25/h4-6,9-10,13-14,18,21-23,26H,7-8,11-12,15-17H2,1-3H3,(H,32,34)/t18-,22?,23-,26?/m0/s1. The van der Waals surface area contributed by atoms with Crippen LogP contribution >= 0.6 is 0 Å². The molecule has 0 spiro atoms. The van der Waals surface area contributed by atoms with Crippen molar-refractivity contribution >= 4 is 23.8 Å². The molecule has 226 valence electrons. The third-order valence-corrected chi connectivity index (χ3v) is 7.17. The predicted molar refractivity (Wildman–Crippen MR) is 147 cm³/mol. The van der Waals surface area contributed by atoms with Gasteiger partial charge in [0, 0.05) is 19.2 Å². The van der Waals surface area contributed by atoms with Gasteiger partial charge in [-0.25, -0.2) is 9.78 Å². The highest BCUT2D eigenvalue weighted by molar-refractivity contribution is 5.98. The monoisotopic (exact) mass is 584 g/mol. The van der Waals surface area contributed by atoms with Gasteiger partial charge in [-0.05, 0) is 31.7 Å². The molecule has 1 N–H and O–H groups in total. The van der Waals surface area contributed by atoms with Gasteiger partial charge in [-0.3, -0.25) is 14.4 Å². The number of rotatable bonds is 10. The Morgan fingerprint density at radius 2 is 1.81 bits per heavy atom. The van der Waals surface area contributed by atoms with Crippen LogP contribution in [0.25, 0.3) is 0 Å². The molecule has 0 bridgehead atoms. The molecule has 2 aliphatic rings. The smallest absolute Gasteiger partial charge is 0.332 e. The van der Waals surface area contributed by atoms with Gasteiger partial charge in [-0.15, -0.1) is 0 Å². The fourth-order valence-corrected chi connectivity index (χ4v) is 5.04. The Morgan fingerprint density at radius 3 is 2.50 bits per heavy atom. The first-order chi connectivity index (χ1) is 20.3. The topological polar surface area (TPSA) is 149 Å². The Bertz CT molecular complexity index is 1250. The van der Waals surface area contributed by atoms with Gasteiger partial charge in [-0.1, -0.05) is 43.2 Å². The van der Waals surface area contributed by atoms with E-state index >= 15 is 0 Å². The van der Waals surface area contributed by atoms with Gasteiger partial charge >= 0.3 is 17.9 Å². The van der Waals surface area contributed by atoms with Crippen LogP contribution in [0.3, 0.4) is 0 Å². The summed E-state index contributed by atoms with van der Waals surface area (Å²) in [6.07, 6.45) is 3.80. The maximum atomic E-state index is 13.5. The first kappa shape index (κ1) is 30.8. The van der Waals surface area contributed by atoms with E-state index in [9.17, 15) is 19.2 Å². The molecule has 1 aromatic heterocycles. The minimum Gasteiger partial charge on any atom is -0.493 e. The zero-order valence-electron chi connectivity index (χ0n) is 23.9. The van der Waals surface area contributed by atoms with Crippen molar-refractivity contribution < 1.29 is 47.6 Å². The Hall–Kier alpha value is -4.19. The van der Waals surface area contributed by atoms with Crippen LogP contribution in [-0.4, -0.2) is 73.7 Å². The van der Waals surface area contributed by atoms with E-state index in [1.54, 1.807) is 6.92 Å². The van der Waals surface area contributed by atoms with Crippen molar-refractivity contribution in [3.8, 4) is 11.5 Å². The van der Waals surface area contributed by atoms with Gasteiger partial charge in [0.2, 0.25) is 6.79 Å². The number of ether oxygens (including phenoxy) is 6. The third kappa shape index (κ3) is 7.96. The maximum absolute atomic E-state index is 13.5. The number of aromatic nitrogens is 1. The lowest BCUT2D eigenvalue weighted by Crippen LogP contribution is -2.47. The molecule has 2 fully saturated rings. The maximum Gasteiger partial charge on any atom is 0.332 e. The zero-order chi connectivity index (χ0) is 30.1. The predicted octanol–water partition coefficient (Wildman–Crippen LogP) is 2.76. The number of amides is 1. The summed E-state index contributed by atoms with van der Waals surface area (Å²) < 4.78 is 33.3. The molecule has 0 radical (unpaired) electrons. The molecule has 1 saturated heterocycles. The molecule has 12 nitrogen and oxygen atoms in total. The summed E-state index contributed by atoms with van der Waals surface area (Å²) in [6, 6.07) is 9.58. The molecule has 4 atom stereocenters. The van der Waals surface area contributed by atoms with Crippen molar-refractivity contribution in [3.05, 3.63) is 53.9 Å². The first-order valence-corrected chi connectivity index (χ1v) is 13.9. The van der Waals surface area contributed by atoms with E-state index in [2.05, 4.69) is 10.3 Å². The highest BCUT2D eigenvalue weighted by Gasteiger charge is 2.42. The molecule has 1 aromatic carbocycles. The zero-order valence-corrected chi connectivity index (χ0v) is 23.9. The number of methoxy groups -OCH3 is 1.